The lowest BCUT2D eigenvalue weighted by Crippen LogP contribution is -2.06. The van der Waals surface area contributed by atoms with E-state index in [2.05, 4.69) is 6.58 Å². The second-order valence-corrected chi connectivity index (χ2v) is 4.11. The second-order valence-electron chi connectivity index (χ2n) is 4.11. The SMILES string of the molecule is C=CCc1cc(/C=C(/C#N)C(=O)OCC)cc(OC)c1O. The Morgan fingerprint density at radius 2 is 2.24 bits per heavy atom. The van der Waals surface area contributed by atoms with E-state index in [1.54, 1.807) is 31.2 Å². The maximum absolute atomic E-state index is 11.6. The molecule has 0 heterocycles. The summed E-state index contributed by atoms with van der Waals surface area (Å²) in [6.07, 6.45) is 3.47. The van der Waals surface area contributed by atoms with Crippen molar-refractivity contribution in [2.24, 2.45) is 0 Å². The van der Waals surface area contributed by atoms with E-state index in [9.17, 15) is 9.90 Å². The van der Waals surface area contributed by atoms with Gasteiger partial charge in [-0.1, -0.05) is 6.08 Å². The van der Waals surface area contributed by atoms with Gasteiger partial charge in [0.1, 0.15) is 11.6 Å². The molecule has 110 valence electrons. The monoisotopic (exact) mass is 287 g/mol. The van der Waals surface area contributed by atoms with Gasteiger partial charge in [-0.3, -0.25) is 0 Å². The van der Waals surface area contributed by atoms with Gasteiger partial charge in [0.25, 0.3) is 0 Å². The van der Waals surface area contributed by atoms with E-state index in [0.29, 0.717) is 17.5 Å². The number of benzene rings is 1. The van der Waals surface area contributed by atoms with Crippen LogP contribution in [0.4, 0.5) is 0 Å². The Morgan fingerprint density at radius 1 is 1.52 bits per heavy atom. The summed E-state index contributed by atoms with van der Waals surface area (Å²) in [4.78, 5) is 11.6. The number of hydrogen-bond donors (Lipinski definition) is 1. The molecule has 0 unspecified atom stereocenters. The molecule has 5 heteroatoms. The molecule has 1 aromatic rings. The van der Waals surface area contributed by atoms with E-state index in [-0.39, 0.29) is 23.7 Å². The highest BCUT2D eigenvalue weighted by Crippen LogP contribution is 2.32. The van der Waals surface area contributed by atoms with Gasteiger partial charge in [-0.2, -0.15) is 5.26 Å². The summed E-state index contributed by atoms with van der Waals surface area (Å²) in [5.74, 6) is -0.400. The number of allylic oxidation sites excluding steroid dienone is 1. The van der Waals surface area contributed by atoms with Crippen LogP contribution in [0.1, 0.15) is 18.1 Å². The second kappa shape index (κ2) is 7.75. The number of rotatable bonds is 6. The van der Waals surface area contributed by atoms with Gasteiger partial charge in [0.2, 0.25) is 0 Å². The number of hydrogen-bond acceptors (Lipinski definition) is 5. The highest BCUT2D eigenvalue weighted by atomic mass is 16.5. The smallest absolute Gasteiger partial charge is 0.348 e. The van der Waals surface area contributed by atoms with Crippen molar-refractivity contribution in [1.82, 2.24) is 0 Å². The van der Waals surface area contributed by atoms with Gasteiger partial charge in [-0.05, 0) is 37.1 Å². The van der Waals surface area contributed by atoms with Crippen LogP contribution in [0, 0.1) is 11.3 Å². The third-order valence-corrected chi connectivity index (χ3v) is 2.69. The van der Waals surface area contributed by atoms with Crippen LogP contribution in [0.25, 0.3) is 6.08 Å². The molecule has 5 nitrogen and oxygen atoms in total. The Balaban J connectivity index is 3.29. The van der Waals surface area contributed by atoms with Crippen molar-refractivity contribution < 1.29 is 19.4 Å². The lowest BCUT2D eigenvalue weighted by molar-refractivity contribution is -0.137. The summed E-state index contributed by atoms with van der Waals surface area (Å²) >= 11 is 0. The molecule has 0 aliphatic rings. The van der Waals surface area contributed by atoms with Crippen molar-refractivity contribution in [2.75, 3.05) is 13.7 Å². The van der Waals surface area contributed by atoms with Crippen LogP contribution in [0.5, 0.6) is 11.5 Å². The molecule has 0 amide bonds. The van der Waals surface area contributed by atoms with Crippen molar-refractivity contribution in [3.05, 3.63) is 41.5 Å². The Kier molecular flexibility index (Phi) is 6.02. The Hall–Kier alpha value is -2.74. The van der Waals surface area contributed by atoms with Gasteiger partial charge < -0.3 is 14.6 Å². The number of nitrogens with zero attached hydrogens (tertiary/aromatic N) is 1. The number of methoxy groups -OCH3 is 1. The van der Waals surface area contributed by atoms with Crippen LogP contribution in [0.15, 0.2) is 30.4 Å². The number of nitriles is 1. The fourth-order valence-electron chi connectivity index (χ4n) is 1.75. The molecule has 1 N–H and O–H groups in total. The minimum atomic E-state index is -0.683. The van der Waals surface area contributed by atoms with Crippen molar-refractivity contribution in [1.29, 1.82) is 5.26 Å². The van der Waals surface area contributed by atoms with E-state index in [4.69, 9.17) is 14.7 Å². The molecular weight excluding hydrogens is 270 g/mol. The standard InChI is InChI=1S/C16H17NO4/c1-4-6-12-7-11(9-14(20-3)15(12)18)8-13(10-17)16(19)21-5-2/h4,7-9,18H,1,5-6H2,2-3H3/b13-8-. The minimum Gasteiger partial charge on any atom is -0.504 e. The number of aromatic hydroxyl groups is 1. The zero-order valence-corrected chi connectivity index (χ0v) is 12.0. The van der Waals surface area contributed by atoms with E-state index in [1.807, 2.05) is 0 Å². The Bertz CT molecular complexity index is 611. The van der Waals surface area contributed by atoms with Gasteiger partial charge in [0, 0.05) is 5.56 Å². The molecule has 0 saturated heterocycles. The number of phenolic OH excluding ortho intramolecular Hbond substituents is 1. The zero-order chi connectivity index (χ0) is 15.8. The number of phenols is 1. The number of esters is 1. The third kappa shape index (κ3) is 4.11. The fourth-order valence-corrected chi connectivity index (χ4v) is 1.75. The first-order valence-corrected chi connectivity index (χ1v) is 6.37. The maximum atomic E-state index is 11.6. The summed E-state index contributed by atoms with van der Waals surface area (Å²) in [6, 6.07) is 5.00. The van der Waals surface area contributed by atoms with Crippen LogP contribution in [-0.4, -0.2) is 24.8 Å². The van der Waals surface area contributed by atoms with E-state index in [0.717, 1.165) is 0 Å². The molecule has 0 aromatic heterocycles. The fraction of sp³-hybridized carbons (Fsp3) is 0.250. The predicted octanol–water partition coefficient (Wildman–Crippen LogP) is 2.60. The largest absolute Gasteiger partial charge is 0.504 e. The molecule has 0 aliphatic heterocycles. The first-order chi connectivity index (χ1) is 10.1. The molecule has 0 saturated carbocycles. The molecular formula is C16H17NO4. The molecule has 0 atom stereocenters. The van der Waals surface area contributed by atoms with Gasteiger partial charge >= 0.3 is 5.97 Å². The normalized spacial score (nSPS) is 10.6. The van der Waals surface area contributed by atoms with Crippen molar-refractivity contribution in [3.8, 4) is 17.6 Å². The number of carbonyl (C=O) groups is 1. The highest BCUT2D eigenvalue weighted by molar-refractivity contribution is 5.98. The van der Waals surface area contributed by atoms with Crippen molar-refractivity contribution in [2.45, 2.75) is 13.3 Å². The molecule has 21 heavy (non-hydrogen) atoms. The van der Waals surface area contributed by atoms with Crippen molar-refractivity contribution >= 4 is 12.0 Å². The predicted molar refractivity (Wildman–Crippen MR) is 78.8 cm³/mol. The lowest BCUT2D eigenvalue weighted by Gasteiger charge is -2.09. The van der Waals surface area contributed by atoms with Crippen LogP contribution < -0.4 is 4.74 Å². The average Bonchev–Trinajstić information content (AvgIpc) is 2.48. The topological polar surface area (TPSA) is 79.6 Å². The molecule has 0 aliphatic carbocycles. The van der Waals surface area contributed by atoms with E-state index in [1.165, 1.54) is 13.2 Å². The maximum Gasteiger partial charge on any atom is 0.348 e. The highest BCUT2D eigenvalue weighted by Gasteiger charge is 2.13. The average molecular weight is 287 g/mol. The summed E-state index contributed by atoms with van der Waals surface area (Å²) in [7, 11) is 1.43. The molecule has 1 rings (SSSR count). The van der Waals surface area contributed by atoms with Gasteiger partial charge in [-0.25, -0.2) is 4.79 Å². The zero-order valence-electron chi connectivity index (χ0n) is 12.0. The summed E-state index contributed by atoms with van der Waals surface area (Å²) in [6.45, 7) is 5.48. The molecule has 0 bridgehead atoms. The number of ether oxygens (including phenoxy) is 2. The molecule has 0 radical (unpaired) electrons. The van der Waals surface area contributed by atoms with Crippen LogP contribution >= 0.6 is 0 Å². The van der Waals surface area contributed by atoms with Gasteiger partial charge in [0.05, 0.1) is 13.7 Å². The summed E-state index contributed by atoms with van der Waals surface area (Å²) in [5, 5.41) is 19.0. The van der Waals surface area contributed by atoms with Crippen molar-refractivity contribution in [3.63, 3.8) is 0 Å². The molecule has 0 fully saturated rings. The van der Waals surface area contributed by atoms with Crippen LogP contribution in [-0.2, 0) is 16.0 Å². The Labute approximate surface area is 123 Å². The first kappa shape index (κ1) is 16.3. The Morgan fingerprint density at radius 3 is 2.76 bits per heavy atom. The van der Waals surface area contributed by atoms with Crippen LogP contribution in [0.3, 0.4) is 0 Å². The third-order valence-electron chi connectivity index (χ3n) is 2.69. The minimum absolute atomic E-state index is 0.0178. The summed E-state index contributed by atoms with van der Waals surface area (Å²) in [5.41, 5.74) is 1.04. The summed E-state index contributed by atoms with van der Waals surface area (Å²) < 4.78 is 9.88. The van der Waals surface area contributed by atoms with Crippen LogP contribution in [0.2, 0.25) is 0 Å². The lowest BCUT2D eigenvalue weighted by atomic mass is 10.0. The quantitative estimate of drug-likeness (QED) is 0.376. The van der Waals surface area contributed by atoms with E-state index < -0.39 is 5.97 Å². The molecule has 0 spiro atoms. The number of carbonyl (C=O) groups excluding carboxylic acids is 1. The molecule has 1 aromatic carbocycles. The van der Waals surface area contributed by atoms with E-state index >= 15 is 0 Å². The van der Waals surface area contributed by atoms with Gasteiger partial charge in [-0.15, -0.1) is 6.58 Å². The van der Waals surface area contributed by atoms with Gasteiger partial charge in [0.15, 0.2) is 11.5 Å². The first-order valence-electron chi connectivity index (χ1n) is 6.37.